The van der Waals surface area contributed by atoms with Crippen LogP contribution in [0.4, 0.5) is 0 Å². The van der Waals surface area contributed by atoms with Crippen molar-refractivity contribution < 1.29 is 14.3 Å². The van der Waals surface area contributed by atoms with Crippen LogP contribution in [-0.4, -0.2) is 41.5 Å². The van der Waals surface area contributed by atoms with E-state index in [1.807, 2.05) is 24.3 Å². The van der Waals surface area contributed by atoms with Crippen LogP contribution in [0.25, 0.3) is 10.2 Å². The standard InChI is InChI=1S/C16H18N2O3S/c19-15(18-9-3-4-10-18)11-21-16(20)8-7-14-17-12-5-1-2-6-13(12)22-14/h1-2,5-6H,3-4,7-11H2. The van der Waals surface area contributed by atoms with Crippen molar-refractivity contribution >= 4 is 33.4 Å². The second kappa shape index (κ2) is 6.87. The molecule has 1 aromatic heterocycles. The summed E-state index contributed by atoms with van der Waals surface area (Å²) in [5.41, 5.74) is 0.958. The van der Waals surface area contributed by atoms with Gasteiger partial charge in [-0.3, -0.25) is 9.59 Å². The summed E-state index contributed by atoms with van der Waals surface area (Å²) in [7, 11) is 0. The van der Waals surface area contributed by atoms with Crippen LogP contribution >= 0.6 is 11.3 Å². The lowest BCUT2D eigenvalue weighted by Gasteiger charge is -2.14. The van der Waals surface area contributed by atoms with Gasteiger partial charge in [-0.05, 0) is 25.0 Å². The van der Waals surface area contributed by atoms with E-state index in [1.54, 1.807) is 16.2 Å². The van der Waals surface area contributed by atoms with E-state index in [0.29, 0.717) is 6.42 Å². The predicted octanol–water partition coefficient (Wildman–Crippen LogP) is 2.39. The zero-order valence-corrected chi connectivity index (χ0v) is 13.1. The van der Waals surface area contributed by atoms with Crippen LogP contribution in [0, 0.1) is 0 Å². The van der Waals surface area contributed by atoms with Gasteiger partial charge in [0.2, 0.25) is 0 Å². The van der Waals surface area contributed by atoms with E-state index >= 15 is 0 Å². The fourth-order valence-corrected chi connectivity index (χ4v) is 3.47. The highest BCUT2D eigenvalue weighted by molar-refractivity contribution is 7.18. The summed E-state index contributed by atoms with van der Waals surface area (Å²) >= 11 is 1.59. The third-order valence-electron chi connectivity index (χ3n) is 3.70. The van der Waals surface area contributed by atoms with Gasteiger partial charge >= 0.3 is 5.97 Å². The highest BCUT2D eigenvalue weighted by Crippen LogP contribution is 2.22. The monoisotopic (exact) mass is 318 g/mol. The Hall–Kier alpha value is -1.95. The number of thiazole rings is 1. The van der Waals surface area contributed by atoms with Crippen LogP contribution in [0.2, 0.25) is 0 Å². The molecule has 0 bridgehead atoms. The molecule has 2 heterocycles. The minimum absolute atomic E-state index is 0.0918. The van der Waals surface area contributed by atoms with Crippen LogP contribution in [-0.2, 0) is 20.7 Å². The van der Waals surface area contributed by atoms with E-state index in [1.165, 1.54) is 0 Å². The SMILES string of the molecule is O=C(CCc1nc2ccccc2s1)OCC(=O)N1CCCC1. The number of carbonyl (C=O) groups is 2. The molecular weight excluding hydrogens is 300 g/mol. The maximum Gasteiger partial charge on any atom is 0.306 e. The zero-order valence-electron chi connectivity index (χ0n) is 12.3. The van der Waals surface area contributed by atoms with Gasteiger partial charge in [-0.1, -0.05) is 12.1 Å². The summed E-state index contributed by atoms with van der Waals surface area (Å²) in [5, 5.41) is 0.920. The summed E-state index contributed by atoms with van der Waals surface area (Å²) < 4.78 is 6.18. The summed E-state index contributed by atoms with van der Waals surface area (Å²) in [4.78, 5) is 29.7. The average Bonchev–Trinajstić information content (AvgIpc) is 3.19. The van der Waals surface area contributed by atoms with Crippen molar-refractivity contribution in [2.24, 2.45) is 0 Å². The Morgan fingerprint density at radius 1 is 1.23 bits per heavy atom. The smallest absolute Gasteiger partial charge is 0.306 e. The minimum Gasteiger partial charge on any atom is -0.456 e. The highest BCUT2D eigenvalue weighted by Gasteiger charge is 2.19. The van der Waals surface area contributed by atoms with Crippen molar-refractivity contribution in [2.45, 2.75) is 25.7 Å². The van der Waals surface area contributed by atoms with Gasteiger partial charge in [0.25, 0.3) is 5.91 Å². The van der Waals surface area contributed by atoms with E-state index in [-0.39, 0.29) is 24.9 Å². The van der Waals surface area contributed by atoms with Crippen LogP contribution in [0.1, 0.15) is 24.3 Å². The van der Waals surface area contributed by atoms with Gasteiger partial charge in [0.15, 0.2) is 6.61 Å². The topological polar surface area (TPSA) is 59.5 Å². The molecule has 1 aromatic carbocycles. The molecule has 6 heteroatoms. The zero-order chi connectivity index (χ0) is 15.4. The van der Waals surface area contributed by atoms with Crippen LogP contribution < -0.4 is 0 Å². The molecule has 1 amide bonds. The number of esters is 1. The molecule has 0 spiro atoms. The van der Waals surface area contributed by atoms with Gasteiger partial charge in [0.05, 0.1) is 21.6 Å². The highest BCUT2D eigenvalue weighted by atomic mass is 32.1. The number of rotatable bonds is 5. The summed E-state index contributed by atoms with van der Waals surface area (Å²) in [5.74, 6) is -0.433. The molecule has 0 radical (unpaired) electrons. The normalized spacial score (nSPS) is 14.5. The maximum absolute atomic E-state index is 11.8. The number of amides is 1. The van der Waals surface area contributed by atoms with Gasteiger partial charge < -0.3 is 9.64 Å². The lowest BCUT2D eigenvalue weighted by molar-refractivity contribution is -0.151. The number of carbonyl (C=O) groups excluding carboxylic acids is 2. The molecule has 2 aromatic rings. The Morgan fingerprint density at radius 2 is 2.00 bits per heavy atom. The molecule has 0 unspecified atom stereocenters. The molecule has 1 saturated heterocycles. The van der Waals surface area contributed by atoms with Crippen molar-refractivity contribution in [1.29, 1.82) is 0 Å². The van der Waals surface area contributed by atoms with E-state index in [9.17, 15) is 9.59 Å². The van der Waals surface area contributed by atoms with Crippen molar-refractivity contribution in [1.82, 2.24) is 9.88 Å². The number of hydrogen-bond donors (Lipinski definition) is 0. The predicted molar refractivity (Wildman–Crippen MR) is 84.7 cm³/mol. The number of aromatic nitrogens is 1. The Bertz CT molecular complexity index is 644. The summed E-state index contributed by atoms with van der Waals surface area (Å²) in [6.45, 7) is 1.42. The Morgan fingerprint density at radius 3 is 2.77 bits per heavy atom. The first-order valence-electron chi connectivity index (χ1n) is 7.50. The van der Waals surface area contributed by atoms with Gasteiger partial charge in [-0.15, -0.1) is 11.3 Å². The first-order chi connectivity index (χ1) is 10.7. The first kappa shape index (κ1) is 15.0. The molecule has 1 fully saturated rings. The lowest BCUT2D eigenvalue weighted by Crippen LogP contribution is -2.32. The Labute approximate surface area is 132 Å². The number of aryl methyl sites for hydroxylation is 1. The van der Waals surface area contributed by atoms with Crippen molar-refractivity contribution in [3.63, 3.8) is 0 Å². The average molecular weight is 318 g/mol. The second-order valence-electron chi connectivity index (χ2n) is 5.32. The van der Waals surface area contributed by atoms with E-state index < -0.39 is 0 Å². The molecule has 0 aliphatic carbocycles. The number of para-hydroxylation sites is 1. The molecule has 116 valence electrons. The second-order valence-corrected chi connectivity index (χ2v) is 6.44. The van der Waals surface area contributed by atoms with Gasteiger partial charge in [-0.2, -0.15) is 0 Å². The van der Waals surface area contributed by atoms with Crippen LogP contribution in [0.5, 0.6) is 0 Å². The Kier molecular flexibility index (Phi) is 4.68. The number of likely N-dealkylation sites (tertiary alicyclic amines) is 1. The Balaban J connectivity index is 1.44. The van der Waals surface area contributed by atoms with Gasteiger partial charge in [-0.25, -0.2) is 4.98 Å². The molecule has 1 aliphatic rings. The van der Waals surface area contributed by atoms with Crippen molar-refractivity contribution in [3.05, 3.63) is 29.3 Å². The fraction of sp³-hybridized carbons (Fsp3) is 0.438. The molecule has 0 saturated carbocycles. The molecular formula is C16H18N2O3S. The quantitative estimate of drug-likeness (QED) is 0.794. The number of fused-ring (bicyclic) bond motifs is 1. The maximum atomic E-state index is 11.8. The number of benzene rings is 1. The molecule has 22 heavy (non-hydrogen) atoms. The lowest BCUT2D eigenvalue weighted by atomic mass is 10.3. The fourth-order valence-electron chi connectivity index (χ4n) is 2.51. The third-order valence-corrected chi connectivity index (χ3v) is 4.79. The number of ether oxygens (including phenoxy) is 1. The van der Waals surface area contributed by atoms with Crippen LogP contribution in [0.3, 0.4) is 0 Å². The van der Waals surface area contributed by atoms with E-state index in [0.717, 1.165) is 41.2 Å². The largest absolute Gasteiger partial charge is 0.456 e. The van der Waals surface area contributed by atoms with Crippen molar-refractivity contribution in [2.75, 3.05) is 19.7 Å². The summed E-state index contributed by atoms with van der Waals surface area (Å²) in [6.07, 6.45) is 2.89. The first-order valence-corrected chi connectivity index (χ1v) is 8.32. The van der Waals surface area contributed by atoms with Gasteiger partial charge in [0.1, 0.15) is 0 Å². The molecule has 0 atom stereocenters. The third kappa shape index (κ3) is 3.62. The number of hydrogen-bond acceptors (Lipinski definition) is 5. The van der Waals surface area contributed by atoms with Crippen molar-refractivity contribution in [3.8, 4) is 0 Å². The molecule has 3 rings (SSSR count). The number of nitrogens with zero attached hydrogens (tertiary/aromatic N) is 2. The summed E-state index contributed by atoms with van der Waals surface area (Å²) in [6, 6.07) is 7.90. The molecule has 5 nitrogen and oxygen atoms in total. The van der Waals surface area contributed by atoms with Crippen LogP contribution in [0.15, 0.2) is 24.3 Å². The van der Waals surface area contributed by atoms with Gasteiger partial charge in [0, 0.05) is 19.5 Å². The molecule has 0 N–H and O–H groups in total. The van der Waals surface area contributed by atoms with E-state index in [2.05, 4.69) is 4.98 Å². The molecule has 1 aliphatic heterocycles. The van der Waals surface area contributed by atoms with E-state index in [4.69, 9.17) is 4.74 Å². The minimum atomic E-state index is -0.341.